The van der Waals surface area contributed by atoms with E-state index >= 15 is 0 Å². The number of ether oxygens (including phenoxy) is 2. The van der Waals surface area contributed by atoms with Crippen LogP contribution in [0.4, 0.5) is 0 Å². The highest BCUT2D eigenvalue weighted by Crippen LogP contribution is 2.36. The fourth-order valence-corrected chi connectivity index (χ4v) is 6.52. The molecule has 4 amide bonds. The van der Waals surface area contributed by atoms with Crippen LogP contribution in [0.2, 0.25) is 5.02 Å². The van der Waals surface area contributed by atoms with Crippen LogP contribution in [0.3, 0.4) is 0 Å². The van der Waals surface area contributed by atoms with E-state index in [0.717, 1.165) is 25.2 Å². The van der Waals surface area contributed by atoms with Crippen molar-refractivity contribution >= 4 is 41.4 Å². The number of carbonyl (C=O) groups is 4. The van der Waals surface area contributed by atoms with Gasteiger partial charge in [-0.25, -0.2) is 0 Å². The maximum atomic E-state index is 13.8. The summed E-state index contributed by atoms with van der Waals surface area (Å²) in [6.07, 6.45) is 9.54. The summed E-state index contributed by atoms with van der Waals surface area (Å²) in [5.74, 6) is 1.59. The van der Waals surface area contributed by atoms with E-state index < -0.39 is 23.5 Å². The number of aliphatic hydroxyl groups excluding tert-OH is 1. The lowest BCUT2D eigenvalue weighted by molar-refractivity contribution is -0.140. The molecule has 1 saturated heterocycles. The lowest BCUT2D eigenvalue weighted by Crippen LogP contribution is -2.55. The average molecular weight is 768 g/mol. The number of nitrogens with zero attached hydrogens (tertiary/aromatic N) is 2. The van der Waals surface area contributed by atoms with E-state index in [9.17, 15) is 24.4 Å². The van der Waals surface area contributed by atoms with Crippen molar-refractivity contribution in [3.63, 3.8) is 0 Å². The Balaban J connectivity index is 0.000000782. The molecule has 4 atom stereocenters. The van der Waals surface area contributed by atoms with Crippen LogP contribution < -0.4 is 25.8 Å². The normalized spacial score (nSPS) is 19.8. The molecule has 0 aromatic heterocycles. The molecule has 6 N–H and O–H groups in total. The first-order valence-corrected chi connectivity index (χ1v) is 19.3. The van der Waals surface area contributed by atoms with Crippen molar-refractivity contribution in [1.82, 2.24) is 15.5 Å². The zero-order chi connectivity index (χ0) is 40.3. The van der Waals surface area contributed by atoms with Gasteiger partial charge in [-0.15, -0.1) is 0 Å². The highest BCUT2D eigenvalue weighted by atomic mass is 35.5. The summed E-state index contributed by atoms with van der Waals surface area (Å²) >= 11 is 6.34. The standard InChI is InChI=1S/C29H44ClN3O5.C4H8N2O3.C4H8.C2H6/c1-18-12-20(13-23(32-36)21-15-22(30)25(38-6)16-24(21)37-5)17-33(18)28(35)27(29(2,3)4)31-26(34)14-19-10-8-7-9-11-19;5-4(9)3(8)1-6-2-7;1-4-2-3-4;1-2/h15-16,18-20,27,36H,7-14,17H2,1-6H3,(H,31,34);2-3,8H,1H2,(H2,5,9)(H,6,7);4H,2-3H2,1H3;1-2H3/b32-23+;;;. The zero-order valence-corrected chi connectivity index (χ0v) is 34.1. The molecule has 1 aromatic carbocycles. The van der Waals surface area contributed by atoms with E-state index in [0.29, 0.717) is 59.5 Å². The molecule has 1 aliphatic heterocycles. The summed E-state index contributed by atoms with van der Waals surface area (Å²) in [6, 6.07) is 2.73. The number of rotatable bonds is 13. The Labute approximate surface area is 321 Å². The minimum atomic E-state index is -1.28. The number of aliphatic hydroxyl groups is 1. The number of benzene rings is 1. The highest BCUT2D eigenvalue weighted by Gasteiger charge is 2.41. The second-order valence-electron chi connectivity index (χ2n) is 15.1. The Morgan fingerprint density at radius 1 is 1.02 bits per heavy atom. The summed E-state index contributed by atoms with van der Waals surface area (Å²) < 4.78 is 10.8. The third-order valence-corrected chi connectivity index (χ3v) is 9.83. The van der Waals surface area contributed by atoms with E-state index in [2.05, 4.69) is 28.4 Å². The van der Waals surface area contributed by atoms with Gasteiger partial charge in [0, 0.05) is 30.6 Å². The summed E-state index contributed by atoms with van der Waals surface area (Å²) in [5, 5.41) is 27.6. The van der Waals surface area contributed by atoms with Crippen molar-refractivity contribution in [3.05, 3.63) is 22.7 Å². The number of carbonyl (C=O) groups excluding carboxylic acids is 4. The van der Waals surface area contributed by atoms with Gasteiger partial charge in [-0.05, 0) is 61.8 Å². The number of likely N-dealkylation sites (tertiary alicyclic amines) is 1. The molecule has 14 heteroatoms. The molecule has 0 spiro atoms. The van der Waals surface area contributed by atoms with Gasteiger partial charge < -0.3 is 41.1 Å². The quantitative estimate of drug-likeness (QED) is 0.0732. The summed E-state index contributed by atoms with van der Waals surface area (Å²) in [6.45, 7) is 14.7. The lowest BCUT2D eigenvalue weighted by Gasteiger charge is -2.35. The first-order chi connectivity index (χ1) is 25.1. The number of amides is 4. The van der Waals surface area contributed by atoms with Crippen LogP contribution in [-0.4, -0.2) is 90.6 Å². The molecule has 302 valence electrons. The molecular formula is C39H66ClN5O8. The molecule has 4 unspecified atom stereocenters. The number of halogens is 1. The van der Waals surface area contributed by atoms with E-state index in [4.69, 9.17) is 26.2 Å². The van der Waals surface area contributed by atoms with Gasteiger partial charge in [0.2, 0.25) is 24.1 Å². The maximum Gasteiger partial charge on any atom is 0.248 e. The van der Waals surface area contributed by atoms with Crippen LogP contribution in [-0.2, 0) is 19.2 Å². The molecule has 2 aliphatic carbocycles. The Morgan fingerprint density at radius 3 is 2.08 bits per heavy atom. The molecule has 0 bridgehead atoms. The van der Waals surface area contributed by atoms with Crippen LogP contribution in [0.5, 0.6) is 11.5 Å². The van der Waals surface area contributed by atoms with Crippen LogP contribution in [0, 0.1) is 23.2 Å². The molecule has 1 aromatic rings. The Morgan fingerprint density at radius 2 is 1.60 bits per heavy atom. The van der Waals surface area contributed by atoms with Gasteiger partial charge in [-0.2, -0.15) is 0 Å². The van der Waals surface area contributed by atoms with E-state index in [1.165, 1.54) is 46.3 Å². The third-order valence-electron chi connectivity index (χ3n) is 9.54. The van der Waals surface area contributed by atoms with Crippen molar-refractivity contribution in [2.45, 2.75) is 131 Å². The molecule has 3 fully saturated rings. The minimum absolute atomic E-state index is 0.00566. The topological polar surface area (TPSA) is 193 Å². The average Bonchev–Trinajstić information content (AvgIpc) is 3.83. The van der Waals surface area contributed by atoms with Gasteiger partial charge in [-0.3, -0.25) is 19.2 Å². The van der Waals surface area contributed by atoms with Crippen molar-refractivity contribution in [2.24, 2.45) is 34.1 Å². The summed E-state index contributed by atoms with van der Waals surface area (Å²) in [7, 11) is 3.06. The fraction of sp³-hybridized carbons (Fsp3) is 0.718. The maximum absolute atomic E-state index is 13.8. The van der Waals surface area contributed by atoms with Gasteiger partial charge in [0.15, 0.2) is 0 Å². The molecule has 4 rings (SSSR count). The van der Waals surface area contributed by atoms with Gasteiger partial charge in [-0.1, -0.05) is 90.4 Å². The molecule has 53 heavy (non-hydrogen) atoms. The Hall–Kier alpha value is -3.58. The molecular weight excluding hydrogens is 702 g/mol. The second-order valence-corrected chi connectivity index (χ2v) is 15.5. The van der Waals surface area contributed by atoms with Crippen LogP contribution >= 0.6 is 11.6 Å². The first kappa shape index (κ1) is 47.4. The number of nitrogens with two attached hydrogens (primary N) is 1. The third kappa shape index (κ3) is 16.5. The molecule has 1 heterocycles. The number of hydrogen-bond donors (Lipinski definition) is 5. The van der Waals surface area contributed by atoms with Crippen LogP contribution in [0.15, 0.2) is 17.3 Å². The molecule has 2 saturated carbocycles. The molecule has 3 aliphatic rings. The second kappa shape index (κ2) is 24.0. The van der Waals surface area contributed by atoms with Gasteiger partial charge in [0.25, 0.3) is 0 Å². The number of oxime groups is 1. The van der Waals surface area contributed by atoms with E-state index in [1.807, 2.05) is 46.4 Å². The molecule has 0 radical (unpaired) electrons. The summed E-state index contributed by atoms with van der Waals surface area (Å²) in [4.78, 5) is 48.2. The van der Waals surface area contributed by atoms with E-state index in [1.54, 1.807) is 12.1 Å². The Kier molecular flexibility index (Phi) is 21.4. The van der Waals surface area contributed by atoms with Crippen molar-refractivity contribution < 1.29 is 39.0 Å². The van der Waals surface area contributed by atoms with E-state index in [-0.39, 0.29) is 30.3 Å². The van der Waals surface area contributed by atoms with Crippen molar-refractivity contribution in [3.8, 4) is 11.5 Å². The van der Waals surface area contributed by atoms with Gasteiger partial charge in [0.1, 0.15) is 23.6 Å². The number of methoxy groups -OCH3 is 2. The van der Waals surface area contributed by atoms with Crippen LogP contribution in [0.25, 0.3) is 0 Å². The lowest BCUT2D eigenvalue weighted by atomic mass is 9.84. The predicted octanol–water partition coefficient (Wildman–Crippen LogP) is 5.69. The SMILES string of the molecule is CC.CC1CC1.COc1cc(OC)c(/C(CC2CC(C)N(C(=O)C(NC(=O)CC3CCCCC3)C(C)(C)C)C2)=N/O)cc1Cl.NC(=O)C(O)CNC=O. The number of nitrogens with one attached hydrogen (secondary N) is 2. The number of hydrogen-bond acceptors (Lipinski definition) is 9. The smallest absolute Gasteiger partial charge is 0.248 e. The first-order valence-electron chi connectivity index (χ1n) is 18.9. The fourth-order valence-electron chi connectivity index (χ4n) is 6.28. The van der Waals surface area contributed by atoms with Gasteiger partial charge >= 0.3 is 0 Å². The minimum Gasteiger partial charge on any atom is -0.496 e. The zero-order valence-electron chi connectivity index (χ0n) is 33.4. The Bertz CT molecular complexity index is 1330. The largest absolute Gasteiger partial charge is 0.496 e. The van der Waals surface area contributed by atoms with Crippen molar-refractivity contribution in [1.29, 1.82) is 0 Å². The number of primary amides is 1. The predicted molar refractivity (Wildman–Crippen MR) is 208 cm³/mol. The van der Waals surface area contributed by atoms with Crippen molar-refractivity contribution in [2.75, 3.05) is 27.3 Å². The highest BCUT2D eigenvalue weighted by molar-refractivity contribution is 6.32. The summed E-state index contributed by atoms with van der Waals surface area (Å²) in [5.41, 5.74) is 5.22. The van der Waals surface area contributed by atoms with Gasteiger partial charge in [0.05, 0.1) is 31.5 Å². The monoisotopic (exact) mass is 767 g/mol. The van der Waals surface area contributed by atoms with Crippen LogP contribution in [0.1, 0.15) is 118 Å². The molecule has 13 nitrogen and oxygen atoms in total.